The number of fused-ring (bicyclic) bond motifs is 2. The standard InChI is InChI=1S/C18H13F17O2/c19-11(20,3-4-37-10(36)9-6-7-1-2-8(9)5-7)12(21,22)13(23,24)14(25,26)15(27,28)16(29,30)17(31,32)18(33,34)35/h6-8H,1-5H2. The van der Waals surface area contributed by atoms with Gasteiger partial charge in [0.05, 0.1) is 13.0 Å². The van der Waals surface area contributed by atoms with E-state index in [4.69, 9.17) is 0 Å². The predicted molar refractivity (Wildman–Crippen MR) is 85.2 cm³/mol. The van der Waals surface area contributed by atoms with Gasteiger partial charge in [0.15, 0.2) is 0 Å². The van der Waals surface area contributed by atoms with Crippen LogP contribution in [0.2, 0.25) is 0 Å². The Hall–Kier alpha value is -1.98. The largest absolute Gasteiger partial charge is 0.462 e. The average Bonchev–Trinajstić information content (AvgIpc) is 3.35. The number of hydrogen-bond acceptors (Lipinski definition) is 2. The minimum absolute atomic E-state index is 0.0874. The molecule has 0 aromatic carbocycles. The Kier molecular flexibility index (Phi) is 7.41. The number of esters is 1. The van der Waals surface area contributed by atoms with E-state index in [1.807, 2.05) is 0 Å². The molecule has 2 rings (SSSR count). The first-order chi connectivity index (χ1) is 16.2. The quantitative estimate of drug-likeness (QED) is 0.199. The van der Waals surface area contributed by atoms with Crippen molar-refractivity contribution in [3.63, 3.8) is 0 Å². The van der Waals surface area contributed by atoms with Gasteiger partial charge in [0.25, 0.3) is 0 Å². The fourth-order valence-electron chi connectivity index (χ4n) is 3.78. The molecule has 0 spiro atoms. The smallest absolute Gasteiger partial charge is 0.460 e. The molecule has 0 radical (unpaired) electrons. The second-order valence-electron chi connectivity index (χ2n) is 8.43. The number of halogens is 17. The highest BCUT2D eigenvalue weighted by Gasteiger charge is 2.95. The molecule has 216 valence electrons. The van der Waals surface area contributed by atoms with E-state index >= 15 is 0 Å². The van der Waals surface area contributed by atoms with Crippen LogP contribution in [0.25, 0.3) is 0 Å². The van der Waals surface area contributed by atoms with Crippen molar-refractivity contribution in [2.45, 2.75) is 73.3 Å². The summed E-state index contributed by atoms with van der Waals surface area (Å²) in [5, 5.41) is 0. The van der Waals surface area contributed by atoms with Crippen LogP contribution in [0.3, 0.4) is 0 Å². The Labute approximate surface area is 194 Å². The van der Waals surface area contributed by atoms with E-state index in [-0.39, 0.29) is 11.5 Å². The van der Waals surface area contributed by atoms with Crippen molar-refractivity contribution >= 4 is 5.97 Å². The van der Waals surface area contributed by atoms with E-state index in [0.29, 0.717) is 19.3 Å². The fourth-order valence-corrected chi connectivity index (χ4v) is 3.78. The van der Waals surface area contributed by atoms with E-state index in [0.717, 1.165) is 0 Å². The van der Waals surface area contributed by atoms with Gasteiger partial charge in [-0.3, -0.25) is 0 Å². The van der Waals surface area contributed by atoms with Crippen LogP contribution in [0.5, 0.6) is 0 Å². The van der Waals surface area contributed by atoms with E-state index in [9.17, 15) is 79.4 Å². The summed E-state index contributed by atoms with van der Waals surface area (Å²) < 4.78 is 228. The Balaban J connectivity index is 2.28. The Bertz CT molecular complexity index is 918. The van der Waals surface area contributed by atoms with Gasteiger partial charge in [0, 0.05) is 5.57 Å². The van der Waals surface area contributed by atoms with Gasteiger partial charge in [-0.25, -0.2) is 4.79 Å². The maximum Gasteiger partial charge on any atom is 0.460 e. The summed E-state index contributed by atoms with van der Waals surface area (Å²) in [5.41, 5.74) is -0.0874. The molecule has 2 unspecified atom stereocenters. The van der Waals surface area contributed by atoms with Crippen LogP contribution in [0.15, 0.2) is 11.6 Å². The van der Waals surface area contributed by atoms with Crippen LogP contribution >= 0.6 is 0 Å². The third kappa shape index (κ3) is 4.40. The number of alkyl halides is 17. The van der Waals surface area contributed by atoms with Gasteiger partial charge in [0.1, 0.15) is 0 Å². The second kappa shape index (κ2) is 8.77. The zero-order chi connectivity index (χ0) is 29.3. The van der Waals surface area contributed by atoms with Gasteiger partial charge in [0.2, 0.25) is 0 Å². The first-order valence-electron chi connectivity index (χ1n) is 9.81. The molecule has 0 aromatic heterocycles. The number of carbonyl (C=O) groups is 1. The molecule has 0 heterocycles. The summed E-state index contributed by atoms with van der Waals surface area (Å²) in [6, 6.07) is 0. The fraction of sp³-hybridized carbons (Fsp3) is 0.833. The van der Waals surface area contributed by atoms with Crippen LogP contribution in [0, 0.1) is 11.8 Å². The third-order valence-electron chi connectivity index (χ3n) is 6.00. The first kappa shape index (κ1) is 31.2. The van der Waals surface area contributed by atoms with E-state index in [1.54, 1.807) is 0 Å². The molecule has 0 aliphatic heterocycles. The molecule has 2 aliphatic rings. The molecule has 0 saturated heterocycles. The van der Waals surface area contributed by atoms with Crippen molar-refractivity contribution < 1.29 is 84.2 Å². The number of hydrogen-bond donors (Lipinski definition) is 0. The molecule has 37 heavy (non-hydrogen) atoms. The zero-order valence-corrected chi connectivity index (χ0v) is 17.5. The van der Waals surface area contributed by atoms with Gasteiger partial charge in [-0.1, -0.05) is 6.08 Å². The molecule has 2 aliphatic carbocycles. The van der Waals surface area contributed by atoms with Crippen molar-refractivity contribution in [1.29, 1.82) is 0 Å². The van der Waals surface area contributed by atoms with Crippen LogP contribution in [-0.4, -0.2) is 60.2 Å². The normalized spacial score (nSPS) is 22.4. The lowest BCUT2D eigenvalue weighted by Gasteiger charge is -2.42. The Morgan fingerprint density at radius 1 is 0.676 bits per heavy atom. The summed E-state index contributed by atoms with van der Waals surface area (Å²) in [7, 11) is 0. The van der Waals surface area contributed by atoms with Crippen LogP contribution in [-0.2, 0) is 9.53 Å². The highest BCUT2D eigenvalue weighted by atomic mass is 19.4. The monoisotopic (exact) mass is 584 g/mol. The average molecular weight is 584 g/mol. The van der Waals surface area contributed by atoms with Crippen molar-refractivity contribution in [1.82, 2.24) is 0 Å². The molecule has 0 aromatic rings. The number of ether oxygens (including phenoxy) is 1. The maximum absolute atomic E-state index is 13.8. The maximum atomic E-state index is 13.8. The second-order valence-corrected chi connectivity index (χ2v) is 8.43. The molecule has 1 saturated carbocycles. The Morgan fingerprint density at radius 3 is 1.49 bits per heavy atom. The van der Waals surface area contributed by atoms with Crippen molar-refractivity contribution in [3.8, 4) is 0 Å². The summed E-state index contributed by atoms with van der Waals surface area (Å²) in [6.45, 7) is -1.92. The minimum Gasteiger partial charge on any atom is -0.462 e. The summed E-state index contributed by atoms with van der Waals surface area (Å²) in [6.07, 6.45) is -7.69. The predicted octanol–water partition coefficient (Wildman–Crippen LogP) is 7.29. The molecule has 2 atom stereocenters. The number of allylic oxidation sites excluding steroid dienone is 1. The summed E-state index contributed by atoms with van der Waals surface area (Å²) in [5.74, 6) is -58.6. The van der Waals surface area contributed by atoms with Gasteiger partial charge in [-0.2, -0.15) is 74.6 Å². The van der Waals surface area contributed by atoms with Crippen LogP contribution < -0.4 is 0 Å². The van der Waals surface area contributed by atoms with Crippen molar-refractivity contribution in [3.05, 3.63) is 11.6 Å². The molecule has 2 bridgehead atoms. The molecule has 1 fully saturated rings. The number of carbonyl (C=O) groups excluding carboxylic acids is 1. The van der Waals surface area contributed by atoms with Crippen molar-refractivity contribution in [2.75, 3.05) is 6.61 Å². The van der Waals surface area contributed by atoms with E-state index in [2.05, 4.69) is 4.74 Å². The number of rotatable bonds is 10. The highest BCUT2D eigenvalue weighted by molar-refractivity contribution is 5.89. The third-order valence-corrected chi connectivity index (χ3v) is 6.00. The van der Waals surface area contributed by atoms with E-state index < -0.39 is 72.5 Å². The molecule has 2 nitrogen and oxygen atoms in total. The van der Waals surface area contributed by atoms with Gasteiger partial charge in [-0.05, 0) is 31.1 Å². The molecular weight excluding hydrogens is 571 g/mol. The van der Waals surface area contributed by atoms with Crippen LogP contribution in [0.1, 0.15) is 25.7 Å². The lowest BCUT2D eigenvalue weighted by molar-refractivity contribution is -0.461. The highest BCUT2D eigenvalue weighted by Crippen LogP contribution is 2.64. The molecular formula is C18H13F17O2. The lowest BCUT2D eigenvalue weighted by Crippen LogP contribution is -2.74. The molecule has 19 heteroatoms. The molecule has 0 amide bonds. The molecule has 0 N–H and O–H groups in total. The van der Waals surface area contributed by atoms with E-state index in [1.165, 1.54) is 6.08 Å². The minimum atomic E-state index is -8.66. The van der Waals surface area contributed by atoms with Gasteiger partial charge >= 0.3 is 53.6 Å². The SMILES string of the molecule is O=C(OCCC(F)(F)C(F)(F)C(F)(F)C(F)(F)C(F)(F)C(F)(F)C(F)(F)C(F)(F)F)C1=CC2CCC1C2. The first-order valence-corrected chi connectivity index (χ1v) is 9.81. The summed E-state index contributed by atoms with van der Waals surface area (Å²) in [4.78, 5) is 11.8. The lowest BCUT2D eigenvalue weighted by atomic mass is 9.88. The topological polar surface area (TPSA) is 26.3 Å². The van der Waals surface area contributed by atoms with Crippen molar-refractivity contribution in [2.24, 2.45) is 11.8 Å². The Morgan fingerprint density at radius 2 is 1.11 bits per heavy atom. The zero-order valence-electron chi connectivity index (χ0n) is 17.5. The van der Waals surface area contributed by atoms with Crippen LogP contribution in [0.4, 0.5) is 74.6 Å². The van der Waals surface area contributed by atoms with Gasteiger partial charge in [-0.15, -0.1) is 0 Å². The summed E-state index contributed by atoms with van der Waals surface area (Å²) >= 11 is 0. The van der Waals surface area contributed by atoms with Gasteiger partial charge < -0.3 is 4.74 Å².